The Morgan fingerprint density at radius 2 is 2.03 bits per heavy atom. The molecule has 3 heterocycles. The molecule has 1 aliphatic heterocycles. The molecular weight excluding hydrogens is 406 g/mol. The van der Waals surface area contributed by atoms with E-state index in [1.54, 1.807) is 19.4 Å². The third-order valence-electron chi connectivity index (χ3n) is 5.34. The highest BCUT2D eigenvalue weighted by Crippen LogP contribution is 2.30. The van der Waals surface area contributed by atoms with Gasteiger partial charge in [0, 0.05) is 42.2 Å². The lowest BCUT2D eigenvalue weighted by molar-refractivity contribution is 0.108. The van der Waals surface area contributed by atoms with Crippen LogP contribution in [0.4, 0.5) is 5.82 Å². The molecule has 2 aromatic heterocycles. The first-order valence-corrected chi connectivity index (χ1v) is 10.8. The molecule has 2 atom stereocenters. The normalized spacial score (nSPS) is 16.7. The van der Waals surface area contributed by atoms with Crippen molar-refractivity contribution in [2.45, 2.75) is 25.5 Å². The Hall–Kier alpha value is -3.07. The summed E-state index contributed by atoms with van der Waals surface area (Å²) in [7, 11) is 1.79. The number of hydrogen-bond donors (Lipinski definition) is 3. The highest BCUT2D eigenvalue weighted by molar-refractivity contribution is 5.72. The van der Waals surface area contributed by atoms with Crippen molar-refractivity contribution in [3.8, 4) is 28.4 Å². The molecule has 0 aliphatic carbocycles. The lowest BCUT2D eigenvalue weighted by Crippen LogP contribution is -2.29. The molecule has 3 aromatic rings. The predicted octanol–water partition coefficient (Wildman–Crippen LogP) is 2.67. The zero-order chi connectivity index (χ0) is 22.3. The molecule has 0 radical (unpaired) electrons. The molecular formula is C24H29N5O3. The Bertz CT molecular complexity index is 1030. The second-order valence-corrected chi connectivity index (χ2v) is 7.86. The number of aliphatic hydroxyl groups excluding tert-OH is 1. The van der Waals surface area contributed by atoms with Crippen LogP contribution in [-0.4, -0.2) is 65.6 Å². The fourth-order valence-electron chi connectivity index (χ4n) is 3.63. The number of ether oxygens (including phenoxy) is 2. The Morgan fingerprint density at radius 1 is 1.19 bits per heavy atom. The molecule has 3 N–H and O–H groups in total. The maximum Gasteiger partial charge on any atom is 0.162 e. The molecule has 0 bridgehead atoms. The summed E-state index contributed by atoms with van der Waals surface area (Å²) in [6.45, 7) is 4.12. The molecule has 1 aromatic carbocycles. The predicted molar refractivity (Wildman–Crippen MR) is 124 cm³/mol. The van der Waals surface area contributed by atoms with E-state index in [1.165, 1.54) is 0 Å². The first-order valence-electron chi connectivity index (χ1n) is 10.8. The number of pyridine rings is 1. The van der Waals surface area contributed by atoms with Gasteiger partial charge in [0.25, 0.3) is 0 Å². The second kappa shape index (κ2) is 10.5. The number of nitrogens with zero attached hydrogens (tertiary/aromatic N) is 3. The SMILES string of the molecule is CNCC(O)COc1cccc(-c2nc(N[C@@H]3CCOC3)c(C)c(-c3ccncc3)n2)c1. The quantitative estimate of drug-likeness (QED) is 0.472. The smallest absolute Gasteiger partial charge is 0.162 e. The summed E-state index contributed by atoms with van der Waals surface area (Å²) in [6.07, 6.45) is 3.89. The molecule has 168 valence electrons. The molecule has 8 nitrogen and oxygen atoms in total. The first-order chi connectivity index (χ1) is 15.6. The van der Waals surface area contributed by atoms with Crippen LogP contribution in [0.15, 0.2) is 48.8 Å². The molecule has 0 spiro atoms. The standard InChI is InChI=1S/C24H29N5O3/c1-16-22(17-6-9-26-10-7-17)28-24(29-23(16)27-19-8-11-31-14-19)18-4-3-5-21(12-18)32-15-20(30)13-25-2/h3-7,9-10,12,19-20,25,30H,8,11,13-15H2,1-2H3,(H,27,28,29)/t19-,20?/m1/s1. The van der Waals surface area contributed by atoms with Gasteiger partial charge in [-0.05, 0) is 44.7 Å². The van der Waals surface area contributed by atoms with Crippen molar-refractivity contribution in [2.75, 3.05) is 38.7 Å². The lowest BCUT2D eigenvalue weighted by atomic mass is 10.1. The number of rotatable bonds is 9. The Kier molecular flexibility index (Phi) is 7.26. The number of benzene rings is 1. The number of aliphatic hydroxyl groups is 1. The van der Waals surface area contributed by atoms with Crippen LogP contribution in [0.1, 0.15) is 12.0 Å². The van der Waals surface area contributed by atoms with Gasteiger partial charge >= 0.3 is 0 Å². The highest BCUT2D eigenvalue weighted by atomic mass is 16.5. The summed E-state index contributed by atoms with van der Waals surface area (Å²) in [5.41, 5.74) is 3.66. The van der Waals surface area contributed by atoms with Crippen molar-refractivity contribution in [2.24, 2.45) is 0 Å². The summed E-state index contributed by atoms with van der Waals surface area (Å²) in [5, 5.41) is 16.4. The molecule has 4 rings (SSSR count). The van der Waals surface area contributed by atoms with Gasteiger partial charge in [0.2, 0.25) is 0 Å². The topological polar surface area (TPSA) is 101 Å². The fourth-order valence-corrected chi connectivity index (χ4v) is 3.63. The first kappa shape index (κ1) is 22.1. The van der Waals surface area contributed by atoms with E-state index >= 15 is 0 Å². The average Bonchev–Trinajstić information content (AvgIpc) is 3.33. The number of anilines is 1. The summed E-state index contributed by atoms with van der Waals surface area (Å²) in [5.74, 6) is 2.06. The zero-order valence-electron chi connectivity index (χ0n) is 18.4. The van der Waals surface area contributed by atoms with Gasteiger partial charge in [0.15, 0.2) is 5.82 Å². The average molecular weight is 436 g/mol. The number of nitrogens with one attached hydrogen (secondary N) is 2. The van der Waals surface area contributed by atoms with E-state index in [0.29, 0.717) is 24.7 Å². The third kappa shape index (κ3) is 5.40. The monoisotopic (exact) mass is 435 g/mol. The number of hydrogen-bond acceptors (Lipinski definition) is 8. The van der Waals surface area contributed by atoms with Crippen LogP contribution >= 0.6 is 0 Å². The van der Waals surface area contributed by atoms with Crippen molar-refractivity contribution in [3.63, 3.8) is 0 Å². The number of likely N-dealkylation sites (N-methyl/N-ethyl adjacent to an activating group) is 1. The van der Waals surface area contributed by atoms with Crippen LogP contribution in [-0.2, 0) is 4.74 Å². The maximum absolute atomic E-state index is 9.93. The van der Waals surface area contributed by atoms with E-state index < -0.39 is 6.10 Å². The van der Waals surface area contributed by atoms with E-state index in [1.807, 2.05) is 43.3 Å². The van der Waals surface area contributed by atoms with E-state index in [2.05, 4.69) is 15.6 Å². The fraction of sp³-hybridized carbons (Fsp3) is 0.375. The molecule has 1 aliphatic rings. The third-order valence-corrected chi connectivity index (χ3v) is 5.34. The minimum Gasteiger partial charge on any atom is -0.491 e. The summed E-state index contributed by atoms with van der Waals surface area (Å²) >= 11 is 0. The maximum atomic E-state index is 9.93. The van der Waals surface area contributed by atoms with Gasteiger partial charge in [-0.25, -0.2) is 9.97 Å². The second-order valence-electron chi connectivity index (χ2n) is 7.86. The highest BCUT2D eigenvalue weighted by Gasteiger charge is 2.20. The van der Waals surface area contributed by atoms with Gasteiger partial charge in [0.05, 0.1) is 18.3 Å². The summed E-state index contributed by atoms with van der Waals surface area (Å²) in [4.78, 5) is 13.9. The van der Waals surface area contributed by atoms with Gasteiger partial charge in [-0.1, -0.05) is 12.1 Å². The van der Waals surface area contributed by atoms with Crippen molar-refractivity contribution >= 4 is 5.82 Å². The minimum atomic E-state index is -0.581. The van der Waals surface area contributed by atoms with Gasteiger partial charge < -0.3 is 25.2 Å². The molecule has 1 unspecified atom stereocenters. The molecule has 8 heteroatoms. The van der Waals surface area contributed by atoms with E-state index in [4.69, 9.17) is 19.4 Å². The zero-order valence-corrected chi connectivity index (χ0v) is 18.4. The molecule has 0 saturated carbocycles. The van der Waals surface area contributed by atoms with Crippen LogP contribution in [0.3, 0.4) is 0 Å². The van der Waals surface area contributed by atoms with Crippen LogP contribution in [0.5, 0.6) is 5.75 Å². The van der Waals surface area contributed by atoms with Gasteiger partial charge in [-0.15, -0.1) is 0 Å². The molecule has 0 amide bonds. The van der Waals surface area contributed by atoms with Crippen LogP contribution < -0.4 is 15.4 Å². The van der Waals surface area contributed by atoms with Crippen molar-refractivity contribution in [1.82, 2.24) is 20.3 Å². The van der Waals surface area contributed by atoms with Gasteiger partial charge in [-0.3, -0.25) is 4.98 Å². The molecule has 1 fully saturated rings. The largest absolute Gasteiger partial charge is 0.491 e. The van der Waals surface area contributed by atoms with Crippen LogP contribution in [0.2, 0.25) is 0 Å². The molecule has 32 heavy (non-hydrogen) atoms. The number of aromatic nitrogens is 3. The van der Waals surface area contributed by atoms with Gasteiger partial charge in [-0.2, -0.15) is 0 Å². The Balaban J connectivity index is 1.67. The summed E-state index contributed by atoms with van der Waals surface area (Å²) < 4.78 is 11.3. The van der Waals surface area contributed by atoms with E-state index in [0.717, 1.165) is 41.2 Å². The Labute approximate surface area is 188 Å². The summed E-state index contributed by atoms with van der Waals surface area (Å²) in [6, 6.07) is 11.8. The van der Waals surface area contributed by atoms with Crippen LogP contribution in [0.25, 0.3) is 22.6 Å². The van der Waals surface area contributed by atoms with E-state index in [-0.39, 0.29) is 12.6 Å². The molecule has 1 saturated heterocycles. The van der Waals surface area contributed by atoms with Crippen molar-refractivity contribution < 1.29 is 14.6 Å². The van der Waals surface area contributed by atoms with E-state index in [9.17, 15) is 5.11 Å². The van der Waals surface area contributed by atoms with Crippen LogP contribution in [0, 0.1) is 6.92 Å². The minimum absolute atomic E-state index is 0.204. The lowest BCUT2D eigenvalue weighted by Gasteiger charge is -2.18. The van der Waals surface area contributed by atoms with Crippen molar-refractivity contribution in [1.29, 1.82) is 0 Å². The van der Waals surface area contributed by atoms with Gasteiger partial charge in [0.1, 0.15) is 24.3 Å². The Morgan fingerprint density at radius 3 is 2.78 bits per heavy atom. The van der Waals surface area contributed by atoms with Crippen molar-refractivity contribution in [3.05, 3.63) is 54.4 Å².